The Hall–Kier alpha value is -2.08. The molecule has 1 fully saturated rings. The lowest BCUT2D eigenvalue weighted by Crippen LogP contribution is -2.44. The van der Waals surface area contributed by atoms with Gasteiger partial charge in [0.2, 0.25) is 11.8 Å². The van der Waals surface area contributed by atoms with Crippen molar-refractivity contribution < 1.29 is 9.59 Å². The highest BCUT2D eigenvalue weighted by molar-refractivity contribution is 6.32. The maximum absolute atomic E-state index is 12.5. The molecule has 2 aromatic rings. The molecule has 0 bridgehead atoms. The number of imide groups is 1. The molecule has 1 atom stereocenters. The average molecular weight is 308 g/mol. The second-order valence-electron chi connectivity index (χ2n) is 5.22. The number of aryl methyl sites for hydroxylation is 2. The zero-order chi connectivity index (χ0) is 15.3. The van der Waals surface area contributed by atoms with E-state index in [4.69, 9.17) is 11.6 Å². The molecule has 2 heterocycles. The molecule has 21 heavy (non-hydrogen) atoms. The molecule has 1 N–H and O–H groups in total. The lowest BCUT2D eigenvalue weighted by Gasteiger charge is -2.21. The molecule has 6 nitrogen and oxygen atoms in total. The van der Waals surface area contributed by atoms with Gasteiger partial charge in [0.25, 0.3) is 0 Å². The summed E-state index contributed by atoms with van der Waals surface area (Å²) in [5, 5.41) is 2.85. The number of nitrogens with one attached hydrogen (secondary N) is 1. The van der Waals surface area contributed by atoms with Crippen molar-refractivity contribution in [2.24, 2.45) is 7.05 Å². The van der Waals surface area contributed by atoms with Crippen LogP contribution >= 0.6 is 11.6 Å². The molecular weight excluding hydrogens is 294 g/mol. The van der Waals surface area contributed by atoms with Crippen molar-refractivity contribution in [3.8, 4) is 0 Å². The number of rotatable bonds is 1. The fourth-order valence-electron chi connectivity index (χ4n) is 2.87. The third kappa shape index (κ3) is 1.98. The standard InChI is InChI=1S/C14H14ClN3O3/c1-7-8(15)3-4-9-12(7)17(2)14(21)18(9)10-5-6-11(19)16-13(10)20/h3-4,10H,5-6H2,1-2H3,(H,16,19,20). The molecule has 1 saturated heterocycles. The molecule has 1 unspecified atom stereocenters. The minimum atomic E-state index is -0.667. The SMILES string of the molecule is Cc1c(Cl)ccc2c1n(C)c(=O)n2C1CCC(=O)NC1=O. The Bertz CT molecular complexity index is 834. The van der Waals surface area contributed by atoms with E-state index in [0.717, 1.165) is 5.56 Å². The number of nitrogens with zero attached hydrogens (tertiary/aromatic N) is 2. The summed E-state index contributed by atoms with van der Waals surface area (Å²) in [6, 6.07) is 2.77. The number of hydrogen-bond donors (Lipinski definition) is 1. The van der Waals surface area contributed by atoms with Gasteiger partial charge in [-0.1, -0.05) is 11.6 Å². The van der Waals surface area contributed by atoms with Gasteiger partial charge in [-0.25, -0.2) is 4.79 Å². The number of halogens is 1. The highest BCUT2D eigenvalue weighted by Gasteiger charge is 2.31. The van der Waals surface area contributed by atoms with Crippen LogP contribution in [0, 0.1) is 6.92 Å². The van der Waals surface area contributed by atoms with Gasteiger partial charge in [-0.3, -0.25) is 24.0 Å². The first-order valence-corrected chi connectivity index (χ1v) is 6.99. The van der Waals surface area contributed by atoms with Gasteiger partial charge in [0.05, 0.1) is 11.0 Å². The quantitative estimate of drug-likeness (QED) is 0.807. The van der Waals surface area contributed by atoms with Gasteiger partial charge in [0.15, 0.2) is 0 Å². The van der Waals surface area contributed by atoms with E-state index in [1.165, 1.54) is 9.13 Å². The van der Waals surface area contributed by atoms with Crippen LogP contribution in [0.25, 0.3) is 11.0 Å². The highest BCUT2D eigenvalue weighted by atomic mass is 35.5. The summed E-state index contributed by atoms with van der Waals surface area (Å²) >= 11 is 6.11. The van der Waals surface area contributed by atoms with E-state index in [9.17, 15) is 14.4 Å². The van der Waals surface area contributed by atoms with Crippen LogP contribution in [-0.4, -0.2) is 20.9 Å². The van der Waals surface area contributed by atoms with Gasteiger partial charge in [0, 0.05) is 18.5 Å². The lowest BCUT2D eigenvalue weighted by atomic mass is 10.1. The van der Waals surface area contributed by atoms with Crippen molar-refractivity contribution in [3.05, 3.63) is 33.2 Å². The van der Waals surface area contributed by atoms with Crippen molar-refractivity contribution >= 4 is 34.4 Å². The molecule has 1 aliphatic rings. The number of piperidine rings is 1. The van der Waals surface area contributed by atoms with Crippen LogP contribution < -0.4 is 11.0 Å². The fraction of sp³-hybridized carbons (Fsp3) is 0.357. The molecule has 1 aromatic carbocycles. The van der Waals surface area contributed by atoms with Crippen molar-refractivity contribution in [1.82, 2.24) is 14.5 Å². The van der Waals surface area contributed by atoms with Crippen LogP contribution in [0.1, 0.15) is 24.4 Å². The number of amides is 2. The predicted octanol–water partition coefficient (Wildman–Crippen LogP) is 1.28. The van der Waals surface area contributed by atoms with E-state index in [1.807, 2.05) is 6.92 Å². The van der Waals surface area contributed by atoms with E-state index in [0.29, 0.717) is 22.5 Å². The number of carbonyl (C=O) groups is 2. The Morgan fingerprint density at radius 1 is 1.29 bits per heavy atom. The highest BCUT2D eigenvalue weighted by Crippen LogP contribution is 2.28. The van der Waals surface area contributed by atoms with E-state index < -0.39 is 11.9 Å². The minimum absolute atomic E-state index is 0.228. The molecule has 3 rings (SSSR count). The fourth-order valence-corrected chi connectivity index (χ4v) is 3.02. The summed E-state index contributed by atoms with van der Waals surface area (Å²) in [4.78, 5) is 35.8. The first-order valence-electron chi connectivity index (χ1n) is 6.61. The molecule has 0 spiro atoms. The van der Waals surface area contributed by atoms with Crippen molar-refractivity contribution in [1.29, 1.82) is 0 Å². The maximum atomic E-state index is 12.5. The van der Waals surface area contributed by atoms with Gasteiger partial charge in [-0.05, 0) is 31.0 Å². The van der Waals surface area contributed by atoms with E-state index in [-0.39, 0.29) is 18.0 Å². The van der Waals surface area contributed by atoms with Gasteiger partial charge in [0.1, 0.15) is 6.04 Å². The molecule has 1 aromatic heterocycles. The Labute approximate surface area is 125 Å². The largest absolute Gasteiger partial charge is 0.329 e. The molecular formula is C14H14ClN3O3. The first-order chi connectivity index (χ1) is 9.91. The molecule has 2 amide bonds. The Morgan fingerprint density at radius 3 is 2.67 bits per heavy atom. The van der Waals surface area contributed by atoms with E-state index >= 15 is 0 Å². The van der Waals surface area contributed by atoms with Gasteiger partial charge in [-0.2, -0.15) is 0 Å². The van der Waals surface area contributed by atoms with Crippen molar-refractivity contribution in [2.75, 3.05) is 0 Å². The molecule has 0 radical (unpaired) electrons. The summed E-state index contributed by atoms with van der Waals surface area (Å²) in [6.45, 7) is 1.83. The summed E-state index contributed by atoms with van der Waals surface area (Å²) in [5.41, 5.74) is 1.86. The molecule has 1 aliphatic heterocycles. The number of benzene rings is 1. The zero-order valence-corrected chi connectivity index (χ0v) is 12.4. The second-order valence-corrected chi connectivity index (χ2v) is 5.63. The zero-order valence-electron chi connectivity index (χ0n) is 11.6. The molecule has 7 heteroatoms. The Morgan fingerprint density at radius 2 is 2.00 bits per heavy atom. The maximum Gasteiger partial charge on any atom is 0.329 e. The third-order valence-corrected chi connectivity index (χ3v) is 4.36. The lowest BCUT2D eigenvalue weighted by molar-refractivity contribution is -0.135. The smallest absolute Gasteiger partial charge is 0.295 e. The summed E-state index contributed by atoms with van der Waals surface area (Å²) < 4.78 is 2.93. The summed E-state index contributed by atoms with van der Waals surface area (Å²) in [6.07, 6.45) is 0.553. The Kier molecular flexibility index (Phi) is 3.13. The monoisotopic (exact) mass is 307 g/mol. The van der Waals surface area contributed by atoms with Gasteiger partial charge in [-0.15, -0.1) is 0 Å². The Balaban J connectivity index is 2.27. The van der Waals surface area contributed by atoms with Crippen LogP contribution in [0.4, 0.5) is 0 Å². The third-order valence-electron chi connectivity index (χ3n) is 3.95. The normalized spacial score (nSPS) is 19.1. The molecule has 0 aliphatic carbocycles. The minimum Gasteiger partial charge on any atom is -0.295 e. The average Bonchev–Trinajstić information content (AvgIpc) is 2.68. The van der Waals surface area contributed by atoms with E-state index in [2.05, 4.69) is 5.32 Å². The second kappa shape index (κ2) is 4.73. The van der Waals surface area contributed by atoms with Crippen LogP contribution in [0.3, 0.4) is 0 Å². The summed E-state index contributed by atoms with van der Waals surface area (Å²) in [5.74, 6) is -0.739. The number of imidazole rings is 1. The van der Waals surface area contributed by atoms with Gasteiger partial charge >= 0.3 is 5.69 Å². The predicted molar refractivity (Wildman–Crippen MR) is 78.3 cm³/mol. The number of hydrogen-bond acceptors (Lipinski definition) is 3. The van der Waals surface area contributed by atoms with Crippen LogP contribution in [-0.2, 0) is 16.6 Å². The van der Waals surface area contributed by atoms with Gasteiger partial charge < -0.3 is 0 Å². The van der Waals surface area contributed by atoms with E-state index in [1.54, 1.807) is 19.2 Å². The number of carbonyl (C=O) groups excluding carboxylic acids is 2. The van der Waals surface area contributed by atoms with Crippen LogP contribution in [0.2, 0.25) is 5.02 Å². The van der Waals surface area contributed by atoms with Crippen LogP contribution in [0.5, 0.6) is 0 Å². The van der Waals surface area contributed by atoms with Crippen LogP contribution in [0.15, 0.2) is 16.9 Å². The summed E-state index contributed by atoms with van der Waals surface area (Å²) in [7, 11) is 1.65. The first kappa shape index (κ1) is 13.9. The van der Waals surface area contributed by atoms with Crippen molar-refractivity contribution in [2.45, 2.75) is 25.8 Å². The number of fused-ring (bicyclic) bond motifs is 1. The molecule has 0 saturated carbocycles. The topological polar surface area (TPSA) is 73.1 Å². The number of aromatic nitrogens is 2. The molecule has 110 valence electrons. The van der Waals surface area contributed by atoms with Crippen molar-refractivity contribution in [3.63, 3.8) is 0 Å².